The number of hydrogen-bond acceptors (Lipinski definition) is 6. The standard InChI is InChI=1S/C21H19NO4S2/c1-25-17-8-7-15(11-18(17)26-2)9-10-22-20(24)19(28-21(22)27)12-14-3-5-16(13-23)6-4-14/h3-8,11-13H,9-10H2,1-2H3/b19-12+. The van der Waals surface area contributed by atoms with Crippen LogP contribution in [0.4, 0.5) is 0 Å². The lowest BCUT2D eigenvalue weighted by Gasteiger charge is -2.15. The summed E-state index contributed by atoms with van der Waals surface area (Å²) in [5.41, 5.74) is 2.48. The van der Waals surface area contributed by atoms with Gasteiger partial charge in [-0.15, -0.1) is 0 Å². The second kappa shape index (κ2) is 9.03. The zero-order valence-electron chi connectivity index (χ0n) is 15.5. The molecular weight excluding hydrogens is 394 g/mol. The van der Waals surface area contributed by atoms with Gasteiger partial charge in [0.05, 0.1) is 19.1 Å². The van der Waals surface area contributed by atoms with E-state index in [-0.39, 0.29) is 5.91 Å². The predicted octanol–water partition coefficient (Wildman–Crippen LogP) is 3.96. The highest BCUT2D eigenvalue weighted by Gasteiger charge is 2.31. The van der Waals surface area contributed by atoms with Gasteiger partial charge in [0, 0.05) is 12.1 Å². The topological polar surface area (TPSA) is 55.8 Å². The third kappa shape index (κ3) is 4.43. The van der Waals surface area contributed by atoms with Gasteiger partial charge in [0.25, 0.3) is 5.91 Å². The number of carbonyl (C=O) groups excluding carboxylic acids is 2. The first kappa shape index (κ1) is 20.1. The minimum atomic E-state index is -0.102. The van der Waals surface area contributed by atoms with Gasteiger partial charge in [-0.2, -0.15) is 0 Å². The molecular formula is C21H19NO4S2. The molecule has 1 aliphatic heterocycles. The Hall–Kier alpha value is -2.64. The van der Waals surface area contributed by atoms with Crippen molar-refractivity contribution in [3.63, 3.8) is 0 Å². The van der Waals surface area contributed by atoms with Crippen molar-refractivity contribution in [2.24, 2.45) is 0 Å². The average molecular weight is 414 g/mol. The number of aldehydes is 1. The summed E-state index contributed by atoms with van der Waals surface area (Å²) in [7, 11) is 3.19. The lowest BCUT2D eigenvalue weighted by molar-refractivity contribution is -0.122. The van der Waals surface area contributed by atoms with E-state index in [1.165, 1.54) is 11.8 Å². The molecule has 0 bridgehead atoms. The van der Waals surface area contributed by atoms with Crippen LogP contribution in [-0.4, -0.2) is 42.2 Å². The van der Waals surface area contributed by atoms with E-state index >= 15 is 0 Å². The number of rotatable bonds is 7. The largest absolute Gasteiger partial charge is 0.493 e. The van der Waals surface area contributed by atoms with Crippen LogP contribution in [0.3, 0.4) is 0 Å². The third-order valence-corrected chi connectivity index (χ3v) is 5.69. The molecule has 0 spiro atoms. The quantitative estimate of drug-likeness (QED) is 0.389. The SMILES string of the molecule is COc1ccc(CCN2C(=O)/C(=C\c3ccc(C=O)cc3)SC2=S)cc1OC. The van der Waals surface area contributed by atoms with Crippen LogP contribution in [0.2, 0.25) is 0 Å². The normalized spacial score (nSPS) is 15.2. The van der Waals surface area contributed by atoms with Crippen molar-refractivity contribution >= 4 is 46.6 Å². The summed E-state index contributed by atoms with van der Waals surface area (Å²) in [4.78, 5) is 25.7. The summed E-state index contributed by atoms with van der Waals surface area (Å²) in [6.07, 6.45) is 3.23. The van der Waals surface area contributed by atoms with Gasteiger partial charge in [0.1, 0.15) is 10.6 Å². The minimum Gasteiger partial charge on any atom is -0.493 e. The Morgan fingerprint density at radius 3 is 2.36 bits per heavy atom. The van der Waals surface area contributed by atoms with E-state index in [2.05, 4.69) is 0 Å². The van der Waals surface area contributed by atoms with E-state index in [0.29, 0.717) is 39.3 Å². The second-order valence-corrected chi connectivity index (χ2v) is 7.73. The molecule has 0 unspecified atom stereocenters. The number of nitrogens with zero attached hydrogens (tertiary/aromatic N) is 1. The van der Waals surface area contributed by atoms with Crippen LogP contribution in [0.25, 0.3) is 6.08 Å². The van der Waals surface area contributed by atoms with Gasteiger partial charge in [-0.05, 0) is 35.8 Å². The van der Waals surface area contributed by atoms with Crippen LogP contribution in [0.5, 0.6) is 11.5 Å². The van der Waals surface area contributed by atoms with E-state index in [1.54, 1.807) is 49.5 Å². The van der Waals surface area contributed by atoms with Crippen molar-refractivity contribution in [2.75, 3.05) is 20.8 Å². The molecule has 0 aromatic heterocycles. The van der Waals surface area contributed by atoms with Crippen LogP contribution >= 0.6 is 24.0 Å². The van der Waals surface area contributed by atoms with E-state index in [4.69, 9.17) is 21.7 Å². The Labute approximate surface area is 173 Å². The maximum atomic E-state index is 12.7. The summed E-state index contributed by atoms with van der Waals surface area (Å²) in [6, 6.07) is 12.7. The Bertz CT molecular complexity index is 938. The molecule has 3 rings (SSSR count). The zero-order valence-corrected chi connectivity index (χ0v) is 17.1. The van der Waals surface area contributed by atoms with E-state index < -0.39 is 0 Å². The monoisotopic (exact) mass is 413 g/mol. The number of thiocarbonyl (C=S) groups is 1. The van der Waals surface area contributed by atoms with Crippen LogP contribution in [0.15, 0.2) is 47.4 Å². The van der Waals surface area contributed by atoms with Crippen molar-refractivity contribution in [1.82, 2.24) is 4.90 Å². The molecule has 2 aromatic rings. The zero-order chi connectivity index (χ0) is 20.1. The summed E-state index contributed by atoms with van der Waals surface area (Å²) >= 11 is 6.68. The van der Waals surface area contributed by atoms with Crippen molar-refractivity contribution in [3.05, 3.63) is 64.1 Å². The number of hydrogen-bond donors (Lipinski definition) is 0. The second-order valence-electron chi connectivity index (χ2n) is 6.06. The Kier molecular flexibility index (Phi) is 6.49. The molecule has 144 valence electrons. The van der Waals surface area contributed by atoms with Crippen molar-refractivity contribution in [1.29, 1.82) is 0 Å². The fourth-order valence-corrected chi connectivity index (χ4v) is 4.10. The maximum Gasteiger partial charge on any atom is 0.266 e. The highest BCUT2D eigenvalue weighted by molar-refractivity contribution is 8.26. The lowest BCUT2D eigenvalue weighted by atomic mass is 10.1. The highest BCUT2D eigenvalue weighted by atomic mass is 32.2. The smallest absolute Gasteiger partial charge is 0.266 e. The number of thioether (sulfide) groups is 1. The molecule has 0 saturated carbocycles. The number of carbonyl (C=O) groups is 2. The fourth-order valence-electron chi connectivity index (χ4n) is 2.79. The predicted molar refractivity (Wildman–Crippen MR) is 115 cm³/mol. The van der Waals surface area contributed by atoms with Gasteiger partial charge in [0.15, 0.2) is 11.5 Å². The Morgan fingerprint density at radius 1 is 1.04 bits per heavy atom. The molecule has 1 aliphatic rings. The maximum absolute atomic E-state index is 12.7. The van der Waals surface area contributed by atoms with Gasteiger partial charge in [-0.25, -0.2) is 0 Å². The van der Waals surface area contributed by atoms with Crippen molar-refractivity contribution < 1.29 is 19.1 Å². The molecule has 0 N–H and O–H groups in total. The molecule has 28 heavy (non-hydrogen) atoms. The third-order valence-electron chi connectivity index (χ3n) is 4.32. The van der Waals surface area contributed by atoms with Crippen LogP contribution < -0.4 is 9.47 Å². The first-order valence-corrected chi connectivity index (χ1v) is 9.79. The Balaban J connectivity index is 1.70. The Morgan fingerprint density at radius 2 is 1.71 bits per heavy atom. The molecule has 1 heterocycles. The molecule has 0 atom stereocenters. The summed E-state index contributed by atoms with van der Waals surface area (Å²) in [6.45, 7) is 0.488. The molecule has 1 fully saturated rings. The number of methoxy groups -OCH3 is 2. The number of amides is 1. The highest BCUT2D eigenvalue weighted by Crippen LogP contribution is 2.33. The van der Waals surface area contributed by atoms with E-state index in [9.17, 15) is 9.59 Å². The van der Waals surface area contributed by atoms with Crippen molar-refractivity contribution in [2.45, 2.75) is 6.42 Å². The van der Waals surface area contributed by atoms with Crippen LogP contribution in [0.1, 0.15) is 21.5 Å². The van der Waals surface area contributed by atoms with Gasteiger partial charge in [-0.3, -0.25) is 14.5 Å². The van der Waals surface area contributed by atoms with Crippen molar-refractivity contribution in [3.8, 4) is 11.5 Å². The van der Waals surface area contributed by atoms with Gasteiger partial charge in [-0.1, -0.05) is 54.3 Å². The molecule has 5 nitrogen and oxygen atoms in total. The van der Waals surface area contributed by atoms with Crippen LogP contribution in [0, 0.1) is 0 Å². The van der Waals surface area contributed by atoms with E-state index in [0.717, 1.165) is 17.4 Å². The summed E-state index contributed by atoms with van der Waals surface area (Å²) in [5, 5.41) is 0. The molecule has 7 heteroatoms. The molecule has 2 aromatic carbocycles. The summed E-state index contributed by atoms with van der Waals surface area (Å²) < 4.78 is 11.1. The average Bonchev–Trinajstić information content (AvgIpc) is 2.99. The molecule has 0 aliphatic carbocycles. The number of benzene rings is 2. The molecule has 0 radical (unpaired) electrons. The summed E-state index contributed by atoms with van der Waals surface area (Å²) in [5.74, 6) is 1.22. The molecule has 1 amide bonds. The van der Waals surface area contributed by atoms with E-state index in [1.807, 2.05) is 18.2 Å². The lowest BCUT2D eigenvalue weighted by Crippen LogP contribution is -2.30. The van der Waals surface area contributed by atoms with Crippen LogP contribution in [-0.2, 0) is 11.2 Å². The molecule has 1 saturated heterocycles. The fraction of sp³-hybridized carbons (Fsp3) is 0.190. The first-order chi connectivity index (χ1) is 13.5. The first-order valence-electron chi connectivity index (χ1n) is 8.57. The van der Waals surface area contributed by atoms with Gasteiger partial charge >= 0.3 is 0 Å². The van der Waals surface area contributed by atoms with Gasteiger partial charge < -0.3 is 9.47 Å². The number of ether oxygens (including phenoxy) is 2. The minimum absolute atomic E-state index is 0.102. The van der Waals surface area contributed by atoms with Gasteiger partial charge in [0.2, 0.25) is 0 Å².